The zero-order valence-corrected chi connectivity index (χ0v) is 10.4. The van der Waals surface area contributed by atoms with Gasteiger partial charge in [0.1, 0.15) is 6.29 Å². The molecule has 0 aliphatic carbocycles. The Morgan fingerprint density at radius 3 is 2.65 bits per heavy atom. The molecule has 0 N–H and O–H groups in total. The van der Waals surface area contributed by atoms with Gasteiger partial charge >= 0.3 is 0 Å². The van der Waals surface area contributed by atoms with Crippen LogP contribution in [0.1, 0.15) is 36.6 Å². The van der Waals surface area contributed by atoms with Crippen LogP contribution in [0.25, 0.3) is 0 Å². The van der Waals surface area contributed by atoms with Crippen molar-refractivity contribution in [3.63, 3.8) is 0 Å². The minimum atomic E-state index is -0.352. The first-order valence-electron chi connectivity index (χ1n) is 6.05. The Morgan fingerprint density at radius 1 is 1.10 bits per heavy atom. The Bertz CT molecular complexity index is 690. The lowest BCUT2D eigenvalue weighted by atomic mass is 10.1. The molecule has 3 rings (SSSR count). The molecule has 0 radical (unpaired) electrons. The Morgan fingerprint density at radius 2 is 1.90 bits per heavy atom. The van der Waals surface area contributed by atoms with Gasteiger partial charge in [0.05, 0.1) is 17.7 Å². The molecule has 98 valence electrons. The Balaban J connectivity index is 1.91. The molecule has 0 saturated heterocycles. The van der Waals surface area contributed by atoms with Crippen molar-refractivity contribution in [2.45, 2.75) is 6.54 Å². The normalized spacial score (nSPS) is 13.5. The molecule has 0 spiro atoms. The van der Waals surface area contributed by atoms with Gasteiger partial charge in [-0.3, -0.25) is 24.3 Å². The predicted molar refractivity (Wildman–Crippen MR) is 70.3 cm³/mol. The van der Waals surface area contributed by atoms with Gasteiger partial charge in [0, 0.05) is 18.0 Å². The lowest BCUT2D eigenvalue weighted by molar-refractivity contribution is 0.0642. The van der Waals surface area contributed by atoms with E-state index in [0.717, 1.165) is 16.7 Å². The van der Waals surface area contributed by atoms with Crippen LogP contribution in [0.3, 0.4) is 0 Å². The number of aldehydes is 1. The summed E-state index contributed by atoms with van der Waals surface area (Å²) in [5.41, 5.74) is 1.94. The molecular formula is C15H10N2O3. The molecule has 0 saturated carbocycles. The summed E-state index contributed by atoms with van der Waals surface area (Å²) in [6.45, 7) is 0.147. The van der Waals surface area contributed by atoms with Gasteiger partial charge < -0.3 is 0 Å². The van der Waals surface area contributed by atoms with E-state index in [1.54, 1.807) is 24.3 Å². The van der Waals surface area contributed by atoms with E-state index < -0.39 is 0 Å². The molecule has 0 fully saturated rings. The number of benzene rings is 1. The number of fused-ring (bicyclic) bond motifs is 1. The van der Waals surface area contributed by atoms with Gasteiger partial charge in [-0.05, 0) is 17.7 Å². The van der Waals surface area contributed by atoms with E-state index in [4.69, 9.17) is 0 Å². The summed E-state index contributed by atoms with van der Waals surface area (Å²) in [5, 5.41) is 0. The molecule has 0 unspecified atom stereocenters. The summed E-state index contributed by atoms with van der Waals surface area (Å²) in [5.74, 6) is -0.682. The van der Waals surface area contributed by atoms with Gasteiger partial charge in [-0.1, -0.05) is 18.2 Å². The largest absolute Gasteiger partial charge is 0.298 e. The first-order valence-corrected chi connectivity index (χ1v) is 6.05. The minimum absolute atomic E-state index is 0.147. The number of carbonyl (C=O) groups is 3. The van der Waals surface area contributed by atoms with Gasteiger partial charge in [0.25, 0.3) is 11.8 Å². The number of hydrogen-bond donors (Lipinski definition) is 0. The average molecular weight is 266 g/mol. The van der Waals surface area contributed by atoms with Crippen LogP contribution < -0.4 is 0 Å². The number of nitrogens with zero attached hydrogens (tertiary/aromatic N) is 2. The fraction of sp³-hybridized carbons (Fsp3) is 0.0667. The van der Waals surface area contributed by atoms with E-state index in [-0.39, 0.29) is 18.4 Å². The van der Waals surface area contributed by atoms with E-state index in [1.165, 1.54) is 18.5 Å². The molecule has 5 heteroatoms. The lowest BCUT2D eigenvalue weighted by Gasteiger charge is -2.13. The monoisotopic (exact) mass is 266 g/mol. The van der Waals surface area contributed by atoms with Crippen molar-refractivity contribution in [1.29, 1.82) is 0 Å². The van der Waals surface area contributed by atoms with E-state index in [1.807, 2.05) is 0 Å². The smallest absolute Gasteiger partial charge is 0.263 e. The SMILES string of the molecule is O=Cc1cccc(CN2C(=O)c3ccncc3C2=O)c1. The first kappa shape index (κ1) is 12.2. The van der Waals surface area contributed by atoms with Crippen LogP contribution in [0.5, 0.6) is 0 Å². The average Bonchev–Trinajstić information content (AvgIpc) is 2.73. The van der Waals surface area contributed by atoms with Crippen molar-refractivity contribution in [2.75, 3.05) is 0 Å². The van der Waals surface area contributed by atoms with Crippen molar-refractivity contribution in [1.82, 2.24) is 9.88 Å². The minimum Gasteiger partial charge on any atom is -0.298 e. The van der Waals surface area contributed by atoms with Crippen molar-refractivity contribution in [2.24, 2.45) is 0 Å². The molecule has 1 aliphatic rings. The molecule has 1 aromatic heterocycles. The summed E-state index contributed by atoms with van der Waals surface area (Å²) < 4.78 is 0. The first-order chi connectivity index (χ1) is 9.70. The van der Waals surface area contributed by atoms with Crippen LogP contribution in [0.4, 0.5) is 0 Å². The maximum atomic E-state index is 12.2. The quantitative estimate of drug-likeness (QED) is 0.626. The molecule has 5 nitrogen and oxygen atoms in total. The van der Waals surface area contributed by atoms with Crippen LogP contribution in [-0.2, 0) is 6.54 Å². The fourth-order valence-corrected chi connectivity index (χ4v) is 2.23. The second-order valence-corrected chi connectivity index (χ2v) is 4.48. The van der Waals surface area contributed by atoms with Gasteiger partial charge in [-0.2, -0.15) is 0 Å². The number of pyridine rings is 1. The maximum Gasteiger partial charge on any atom is 0.263 e. The summed E-state index contributed by atoms with van der Waals surface area (Å²) in [7, 11) is 0. The number of imide groups is 1. The van der Waals surface area contributed by atoms with Crippen LogP contribution in [-0.4, -0.2) is 28.0 Å². The molecule has 0 atom stereocenters. The van der Waals surface area contributed by atoms with Crippen LogP contribution in [0, 0.1) is 0 Å². The Hall–Kier alpha value is -2.82. The molecule has 1 aromatic carbocycles. The Kier molecular flexibility index (Phi) is 2.87. The third-order valence-corrected chi connectivity index (χ3v) is 3.20. The highest BCUT2D eigenvalue weighted by molar-refractivity contribution is 6.21. The standard InChI is InChI=1S/C15H10N2O3/c18-9-11-3-1-2-10(6-11)8-17-14(19)12-4-5-16-7-13(12)15(17)20/h1-7,9H,8H2. The number of rotatable bonds is 3. The van der Waals surface area contributed by atoms with Crippen molar-refractivity contribution in [3.8, 4) is 0 Å². The number of amides is 2. The number of hydrogen-bond acceptors (Lipinski definition) is 4. The van der Waals surface area contributed by atoms with Crippen LogP contribution >= 0.6 is 0 Å². The zero-order valence-electron chi connectivity index (χ0n) is 10.4. The lowest BCUT2D eigenvalue weighted by Crippen LogP contribution is -2.29. The molecule has 2 aromatic rings. The molecule has 0 bridgehead atoms. The third kappa shape index (κ3) is 1.89. The highest BCUT2D eigenvalue weighted by Gasteiger charge is 2.35. The van der Waals surface area contributed by atoms with E-state index in [0.29, 0.717) is 16.7 Å². The van der Waals surface area contributed by atoms with E-state index in [9.17, 15) is 14.4 Å². The zero-order chi connectivity index (χ0) is 14.1. The van der Waals surface area contributed by atoms with Crippen LogP contribution in [0.15, 0.2) is 42.7 Å². The fourth-order valence-electron chi connectivity index (χ4n) is 2.23. The van der Waals surface area contributed by atoms with Gasteiger partial charge in [-0.15, -0.1) is 0 Å². The highest BCUT2D eigenvalue weighted by Crippen LogP contribution is 2.23. The van der Waals surface area contributed by atoms with Crippen molar-refractivity contribution < 1.29 is 14.4 Å². The predicted octanol–water partition coefficient (Wildman–Crippen LogP) is 1.69. The second kappa shape index (κ2) is 4.70. The van der Waals surface area contributed by atoms with Gasteiger partial charge in [0.15, 0.2) is 0 Å². The highest BCUT2D eigenvalue weighted by atomic mass is 16.2. The topological polar surface area (TPSA) is 67.3 Å². The third-order valence-electron chi connectivity index (χ3n) is 3.20. The Labute approximate surface area is 114 Å². The molecular weight excluding hydrogens is 256 g/mol. The molecule has 20 heavy (non-hydrogen) atoms. The van der Waals surface area contributed by atoms with Gasteiger partial charge in [-0.25, -0.2) is 0 Å². The maximum absolute atomic E-state index is 12.2. The summed E-state index contributed by atoms with van der Waals surface area (Å²) >= 11 is 0. The van der Waals surface area contributed by atoms with Crippen LogP contribution in [0.2, 0.25) is 0 Å². The second-order valence-electron chi connectivity index (χ2n) is 4.48. The van der Waals surface area contributed by atoms with E-state index in [2.05, 4.69) is 4.98 Å². The van der Waals surface area contributed by atoms with Crippen molar-refractivity contribution >= 4 is 18.1 Å². The number of carbonyl (C=O) groups excluding carboxylic acids is 3. The summed E-state index contributed by atoms with van der Waals surface area (Å²) in [6, 6.07) is 8.36. The van der Waals surface area contributed by atoms with Gasteiger partial charge in [0.2, 0.25) is 0 Å². The molecule has 2 amide bonds. The molecule has 1 aliphatic heterocycles. The summed E-state index contributed by atoms with van der Waals surface area (Å²) in [6.07, 6.45) is 3.62. The van der Waals surface area contributed by atoms with Crippen molar-refractivity contribution in [3.05, 3.63) is 65.0 Å². The molecule has 2 heterocycles. The number of aromatic nitrogens is 1. The summed E-state index contributed by atoms with van der Waals surface area (Å²) in [4.78, 5) is 40.1. The van der Waals surface area contributed by atoms with E-state index >= 15 is 0 Å².